The van der Waals surface area contributed by atoms with E-state index >= 15 is 0 Å². The molecule has 0 spiro atoms. The molecule has 1 N–H and O–H groups in total. The molecule has 1 heterocycles. The largest absolute Gasteiger partial charge is 0.317 e. The van der Waals surface area contributed by atoms with E-state index in [9.17, 15) is 4.39 Å². The Morgan fingerprint density at radius 1 is 1.38 bits per heavy atom. The van der Waals surface area contributed by atoms with Crippen LogP contribution in [0.2, 0.25) is 0 Å². The highest BCUT2D eigenvalue weighted by atomic mass is 79.9. The third-order valence-electron chi connectivity index (χ3n) is 3.29. The first-order chi connectivity index (χ1) is 7.66. The van der Waals surface area contributed by atoms with Crippen LogP contribution in [-0.4, -0.2) is 13.1 Å². The van der Waals surface area contributed by atoms with Gasteiger partial charge in [0.15, 0.2) is 0 Å². The Hall–Kier alpha value is -0.410. The van der Waals surface area contributed by atoms with Gasteiger partial charge >= 0.3 is 0 Å². The van der Waals surface area contributed by atoms with E-state index in [0.717, 1.165) is 48.0 Å². The molecular formula is C13H17BrFN. The standard InChI is InChI=1S/C13H17BrFN/c1-9-6-13(15)11(8-12(9)14)7-10-2-4-16-5-3-10/h6,8,10,16H,2-5,7H2,1H3. The third-order valence-corrected chi connectivity index (χ3v) is 4.15. The normalized spacial score (nSPS) is 17.7. The number of benzene rings is 1. The summed E-state index contributed by atoms with van der Waals surface area (Å²) in [6.45, 7) is 4.06. The molecule has 1 aliphatic heterocycles. The molecule has 0 radical (unpaired) electrons. The molecule has 1 saturated heterocycles. The zero-order valence-corrected chi connectivity index (χ0v) is 11.1. The van der Waals surface area contributed by atoms with Gasteiger partial charge in [-0.15, -0.1) is 0 Å². The molecule has 0 aliphatic carbocycles. The summed E-state index contributed by atoms with van der Waals surface area (Å²) in [5, 5.41) is 3.33. The first-order valence-corrected chi connectivity index (χ1v) is 6.61. The van der Waals surface area contributed by atoms with Gasteiger partial charge in [-0.2, -0.15) is 0 Å². The summed E-state index contributed by atoms with van der Waals surface area (Å²) in [5.41, 5.74) is 1.82. The van der Waals surface area contributed by atoms with Crippen molar-refractivity contribution in [1.29, 1.82) is 0 Å². The maximum absolute atomic E-state index is 13.7. The van der Waals surface area contributed by atoms with Crippen molar-refractivity contribution in [2.24, 2.45) is 5.92 Å². The fourth-order valence-corrected chi connectivity index (χ4v) is 2.63. The van der Waals surface area contributed by atoms with Crippen molar-refractivity contribution in [2.75, 3.05) is 13.1 Å². The molecule has 0 saturated carbocycles. The maximum atomic E-state index is 13.7. The molecule has 88 valence electrons. The van der Waals surface area contributed by atoms with Gasteiger partial charge < -0.3 is 5.32 Å². The Balaban J connectivity index is 2.11. The summed E-state index contributed by atoms with van der Waals surface area (Å²) in [7, 11) is 0. The van der Waals surface area contributed by atoms with Crippen LogP contribution in [0.3, 0.4) is 0 Å². The number of piperidine rings is 1. The maximum Gasteiger partial charge on any atom is 0.126 e. The van der Waals surface area contributed by atoms with Crippen LogP contribution in [0, 0.1) is 18.7 Å². The predicted octanol–water partition coefficient (Wildman–Crippen LogP) is 3.44. The minimum atomic E-state index is -0.0563. The van der Waals surface area contributed by atoms with Crippen LogP contribution >= 0.6 is 15.9 Å². The van der Waals surface area contributed by atoms with E-state index in [2.05, 4.69) is 21.2 Å². The molecular weight excluding hydrogens is 269 g/mol. The van der Waals surface area contributed by atoms with Crippen molar-refractivity contribution < 1.29 is 4.39 Å². The van der Waals surface area contributed by atoms with E-state index in [1.54, 1.807) is 6.07 Å². The van der Waals surface area contributed by atoms with Crippen LogP contribution in [0.5, 0.6) is 0 Å². The summed E-state index contributed by atoms with van der Waals surface area (Å²) in [6, 6.07) is 3.56. The van der Waals surface area contributed by atoms with Crippen LogP contribution in [-0.2, 0) is 6.42 Å². The van der Waals surface area contributed by atoms with E-state index in [0.29, 0.717) is 5.92 Å². The lowest BCUT2D eigenvalue weighted by Crippen LogP contribution is -2.28. The fourth-order valence-electron chi connectivity index (χ4n) is 2.24. The number of nitrogens with one attached hydrogen (secondary N) is 1. The predicted molar refractivity (Wildman–Crippen MR) is 68.1 cm³/mol. The highest BCUT2D eigenvalue weighted by Crippen LogP contribution is 2.25. The second-order valence-corrected chi connectivity index (χ2v) is 5.44. The molecule has 1 aliphatic rings. The van der Waals surface area contributed by atoms with Crippen molar-refractivity contribution in [3.8, 4) is 0 Å². The van der Waals surface area contributed by atoms with Gasteiger partial charge in [-0.1, -0.05) is 15.9 Å². The quantitative estimate of drug-likeness (QED) is 0.878. The van der Waals surface area contributed by atoms with Gasteiger partial charge in [-0.3, -0.25) is 0 Å². The smallest absolute Gasteiger partial charge is 0.126 e. The number of aryl methyl sites for hydroxylation is 1. The monoisotopic (exact) mass is 285 g/mol. The summed E-state index contributed by atoms with van der Waals surface area (Å²) in [6.07, 6.45) is 3.18. The minimum Gasteiger partial charge on any atom is -0.317 e. The van der Waals surface area contributed by atoms with Crippen LogP contribution in [0.1, 0.15) is 24.0 Å². The zero-order valence-electron chi connectivity index (χ0n) is 9.52. The van der Waals surface area contributed by atoms with Crippen molar-refractivity contribution >= 4 is 15.9 Å². The summed E-state index contributed by atoms with van der Waals surface area (Å²) in [5.74, 6) is 0.574. The fraction of sp³-hybridized carbons (Fsp3) is 0.538. The summed E-state index contributed by atoms with van der Waals surface area (Å²) in [4.78, 5) is 0. The molecule has 1 fully saturated rings. The Bertz CT molecular complexity index is 372. The highest BCUT2D eigenvalue weighted by molar-refractivity contribution is 9.10. The molecule has 1 aromatic carbocycles. The average molecular weight is 286 g/mol. The van der Waals surface area contributed by atoms with E-state index in [1.807, 2.05) is 13.0 Å². The van der Waals surface area contributed by atoms with Crippen LogP contribution < -0.4 is 5.32 Å². The Morgan fingerprint density at radius 2 is 2.06 bits per heavy atom. The number of hydrogen-bond acceptors (Lipinski definition) is 1. The Labute approximate surface area is 105 Å². The number of rotatable bonds is 2. The molecule has 1 nitrogen and oxygen atoms in total. The lowest BCUT2D eigenvalue weighted by Gasteiger charge is -2.23. The van der Waals surface area contributed by atoms with Gasteiger partial charge in [0.1, 0.15) is 5.82 Å². The van der Waals surface area contributed by atoms with Gasteiger partial charge in [-0.25, -0.2) is 4.39 Å². The Kier molecular flexibility index (Phi) is 3.98. The molecule has 0 amide bonds. The first-order valence-electron chi connectivity index (χ1n) is 5.82. The first kappa shape index (κ1) is 12.1. The lowest BCUT2D eigenvalue weighted by molar-refractivity contribution is 0.368. The van der Waals surface area contributed by atoms with E-state index in [-0.39, 0.29) is 5.82 Å². The van der Waals surface area contributed by atoms with Crippen LogP contribution in [0.25, 0.3) is 0 Å². The van der Waals surface area contributed by atoms with E-state index in [1.165, 1.54) is 0 Å². The van der Waals surface area contributed by atoms with Crippen LogP contribution in [0.4, 0.5) is 4.39 Å². The van der Waals surface area contributed by atoms with Gasteiger partial charge in [0.25, 0.3) is 0 Å². The molecule has 0 unspecified atom stereocenters. The highest BCUT2D eigenvalue weighted by Gasteiger charge is 2.16. The topological polar surface area (TPSA) is 12.0 Å². The summed E-state index contributed by atoms with van der Waals surface area (Å²) >= 11 is 3.47. The summed E-state index contributed by atoms with van der Waals surface area (Å²) < 4.78 is 14.8. The van der Waals surface area contributed by atoms with E-state index < -0.39 is 0 Å². The average Bonchev–Trinajstić information content (AvgIpc) is 2.27. The van der Waals surface area contributed by atoms with Gasteiger partial charge in [-0.05, 0) is 68.5 Å². The third kappa shape index (κ3) is 2.83. The lowest BCUT2D eigenvalue weighted by atomic mass is 9.90. The van der Waals surface area contributed by atoms with Crippen LogP contribution in [0.15, 0.2) is 16.6 Å². The number of halogens is 2. The molecule has 0 bridgehead atoms. The second-order valence-electron chi connectivity index (χ2n) is 4.59. The van der Waals surface area contributed by atoms with Gasteiger partial charge in [0.2, 0.25) is 0 Å². The Morgan fingerprint density at radius 3 is 2.75 bits per heavy atom. The van der Waals surface area contributed by atoms with Gasteiger partial charge in [0, 0.05) is 4.47 Å². The van der Waals surface area contributed by atoms with Crippen molar-refractivity contribution in [2.45, 2.75) is 26.2 Å². The van der Waals surface area contributed by atoms with E-state index in [4.69, 9.17) is 0 Å². The second kappa shape index (κ2) is 5.28. The molecule has 2 rings (SSSR count). The van der Waals surface area contributed by atoms with Crippen molar-refractivity contribution in [3.05, 3.63) is 33.5 Å². The zero-order chi connectivity index (χ0) is 11.5. The molecule has 0 aromatic heterocycles. The van der Waals surface area contributed by atoms with Crippen molar-refractivity contribution in [3.63, 3.8) is 0 Å². The van der Waals surface area contributed by atoms with Gasteiger partial charge in [0.05, 0.1) is 0 Å². The molecule has 3 heteroatoms. The number of hydrogen-bond donors (Lipinski definition) is 1. The minimum absolute atomic E-state index is 0.0563. The molecule has 1 aromatic rings. The van der Waals surface area contributed by atoms with Crippen molar-refractivity contribution in [1.82, 2.24) is 5.32 Å². The SMILES string of the molecule is Cc1cc(F)c(CC2CCNCC2)cc1Br. The molecule has 16 heavy (non-hydrogen) atoms. The molecule has 0 atom stereocenters.